The molecule has 9 nitrogen and oxygen atoms in total. The number of esters is 1. The largest absolute Gasteiger partial charge is 0.465 e. The van der Waals surface area contributed by atoms with Crippen LogP contribution in [0.1, 0.15) is 24.1 Å². The van der Waals surface area contributed by atoms with Gasteiger partial charge in [0.1, 0.15) is 25.0 Å². The Balaban J connectivity index is 1.98. The van der Waals surface area contributed by atoms with Crippen molar-refractivity contribution < 1.29 is 33.0 Å². The number of rotatable bonds is 10. The molecule has 0 spiro atoms. The first-order valence-corrected chi connectivity index (χ1v) is 10.4. The molecule has 0 fully saturated rings. The summed E-state index contributed by atoms with van der Waals surface area (Å²) in [5.41, 5.74) is 1.66. The molecule has 0 heterocycles. The van der Waals surface area contributed by atoms with Crippen molar-refractivity contribution in [2.75, 3.05) is 25.1 Å². The Kier molecular flexibility index (Phi) is 9.75. The third kappa shape index (κ3) is 8.38. The first kappa shape index (κ1) is 26.0. The van der Waals surface area contributed by atoms with Crippen LogP contribution in [0, 0.1) is 12.7 Å². The van der Waals surface area contributed by atoms with Crippen LogP contribution in [0.5, 0.6) is 0 Å². The molecule has 0 bridgehead atoms. The predicted molar refractivity (Wildman–Crippen MR) is 122 cm³/mol. The average Bonchev–Trinajstić information content (AvgIpc) is 2.81. The van der Waals surface area contributed by atoms with Crippen LogP contribution in [0.2, 0.25) is 0 Å². The first-order chi connectivity index (χ1) is 16.2. The normalized spacial score (nSPS) is 11.0. The molecular formula is C24H26FN3O6. The minimum absolute atomic E-state index is 0.135. The molecule has 1 unspecified atom stereocenters. The molecule has 34 heavy (non-hydrogen) atoms. The fourth-order valence-electron chi connectivity index (χ4n) is 2.67. The predicted octanol–water partition coefficient (Wildman–Crippen LogP) is 2.78. The summed E-state index contributed by atoms with van der Waals surface area (Å²) in [5.74, 6) is -2.68. The van der Waals surface area contributed by atoms with Crippen LogP contribution in [0.4, 0.5) is 14.9 Å². The van der Waals surface area contributed by atoms with Crippen LogP contribution in [0.15, 0.2) is 60.7 Å². The van der Waals surface area contributed by atoms with E-state index < -0.39 is 48.9 Å². The fourth-order valence-corrected chi connectivity index (χ4v) is 2.67. The van der Waals surface area contributed by atoms with Gasteiger partial charge in [0.2, 0.25) is 5.91 Å². The monoisotopic (exact) mass is 471 g/mol. The second-order valence-electron chi connectivity index (χ2n) is 7.15. The Morgan fingerprint density at radius 2 is 1.65 bits per heavy atom. The molecule has 0 saturated heterocycles. The van der Waals surface area contributed by atoms with E-state index in [-0.39, 0.29) is 17.7 Å². The maximum atomic E-state index is 13.3. The summed E-state index contributed by atoms with van der Waals surface area (Å²) in [5, 5.41) is 7.32. The number of hydrogen-bond acceptors (Lipinski definition) is 6. The number of anilines is 1. The maximum Gasteiger partial charge on any atom is 0.411 e. The average molecular weight is 471 g/mol. The van der Waals surface area contributed by atoms with Crippen LogP contribution in [-0.2, 0) is 23.9 Å². The Morgan fingerprint density at radius 3 is 2.26 bits per heavy atom. The summed E-state index contributed by atoms with van der Waals surface area (Å²) in [6, 6.07) is 10.6. The van der Waals surface area contributed by atoms with Gasteiger partial charge in [-0.3, -0.25) is 19.7 Å². The SMILES string of the molecule is C=C(COC(=O)Nc1ccc(C)cc1)C(=O)NC(C(=O)NCC(=O)OCC)c1ccc(F)cc1. The number of nitrogens with one attached hydrogen (secondary N) is 3. The highest BCUT2D eigenvalue weighted by Gasteiger charge is 2.25. The smallest absolute Gasteiger partial charge is 0.411 e. The van der Waals surface area contributed by atoms with Gasteiger partial charge in [0.05, 0.1) is 6.61 Å². The van der Waals surface area contributed by atoms with Crippen molar-refractivity contribution in [3.05, 3.63) is 77.6 Å². The third-order valence-electron chi connectivity index (χ3n) is 4.45. The Morgan fingerprint density at radius 1 is 1.00 bits per heavy atom. The number of aryl methyl sites for hydroxylation is 1. The number of carbonyl (C=O) groups is 4. The van der Waals surface area contributed by atoms with Gasteiger partial charge in [-0.25, -0.2) is 9.18 Å². The van der Waals surface area contributed by atoms with Gasteiger partial charge in [0.25, 0.3) is 5.91 Å². The van der Waals surface area contributed by atoms with E-state index in [1.807, 2.05) is 19.1 Å². The second-order valence-corrected chi connectivity index (χ2v) is 7.15. The van der Waals surface area contributed by atoms with E-state index in [0.717, 1.165) is 17.7 Å². The van der Waals surface area contributed by atoms with Crippen LogP contribution in [0.25, 0.3) is 0 Å². The van der Waals surface area contributed by atoms with Crippen molar-refractivity contribution in [1.82, 2.24) is 10.6 Å². The van der Waals surface area contributed by atoms with E-state index in [4.69, 9.17) is 9.47 Å². The van der Waals surface area contributed by atoms with Crippen LogP contribution in [0.3, 0.4) is 0 Å². The maximum absolute atomic E-state index is 13.3. The van der Waals surface area contributed by atoms with E-state index in [1.165, 1.54) is 12.1 Å². The summed E-state index contributed by atoms with van der Waals surface area (Å²) >= 11 is 0. The molecule has 0 aliphatic rings. The molecule has 0 aliphatic heterocycles. The fraction of sp³-hybridized carbons (Fsp3) is 0.250. The number of carbonyl (C=O) groups excluding carboxylic acids is 4. The summed E-state index contributed by atoms with van der Waals surface area (Å²) < 4.78 is 23.1. The van der Waals surface area contributed by atoms with Crippen LogP contribution in [-0.4, -0.2) is 43.6 Å². The number of hydrogen-bond donors (Lipinski definition) is 3. The molecule has 0 saturated carbocycles. The highest BCUT2D eigenvalue weighted by Crippen LogP contribution is 2.15. The van der Waals surface area contributed by atoms with Crippen molar-refractivity contribution in [1.29, 1.82) is 0 Å². The lowest BCUT2D eigenvalue weighted by Gasteiger charge is -2.19. The molecule has 3 N–H and O–H groups in total. The Bertz CT molecular complexity index is 1040. The molecule has 0 aliphatic carbocycles. The standard InChI is InChI=1S/C24H26FN3O6/c1-4-33-20(29)13-26-23(31)21(17-7-9-18(25)10-8-17)28-22(30)16(3)14-34-24(32)27-19-11-5-15(2)6-12-19/h5-12,21H,3-4,13-14H2,1-2H3,(H,26,31)(H,27,32)(H,28,30). The Hall–Kier alpha value is -4.21. The van der Waals surface area contributed by atoms with Crippen molar-refractivity contribution in [2.45, 2.75) is 19.9 Å². The molecule has 2 aromatic rings. The third-order valence-corrected chi connectivity index (χ3v) is 4.45. The Labute approximate surface area is 196 Å². The summed E-state index contributed by atoms with van der Waals surface area (Å²) in [4.78, 5) is 48.7. The molecule has 180 valence electrons. The lowest BCUT2D eigenvalue weighted by Crippen LogP contribution is -2.43. The van der Waals surface area contributed by atoms with Gasteiger partial charge in [-0.15, -0.1) is 0 Å². The molecular weight excluding hydrogens is 445 g/mol. The lowest BCUT2D eigenvalue weighted by atomic mass is 10.1. The zero-order chi connectivity index (χ0) is 25.1. The van der Waals surface area contributed by atoms with Gasteiger partial charge in [-0.1, -0.05) is 36.4 Å². The summed E-state index contributed by atoms with van der Waals surface area (Å²) in [6.07, 6.45) is -0.792. The molecule has 0 radical (unpaired) electrons. The summed E-state index contributed by atoms with van der Waals surface area (Å²) in [6.45, 7) is 6.40. The van der Waals surface area contributed by atoms with Gasteiger partial charge in [0.15, 0.2) is 0 Å². The number of ether oxygens (including phenoxy) is 2. The number of benzene rings is 2. The van der Waals surface area contributed by atoms with Gasteiger partial charge in [-0.05, 0) is 43.7 Å². The van der Waals surface area contributed by atoms with Crippen molar-refractivity contribution >= 4 is 29.6 Å². The number of amides is 3. The van der Waals surface area contributed by atoms with Crippen molar-refractivity contribution in [2.24, 2.45) is 0 Å². The van der Waals surface area contributed by atoms with Gasteiger partial charge in [0, 0.05) is 11.3 Å². The topological polar surface area (TPSA) is 123 Å². The van der Waals surface area contributed by atoms with E-state index >= 15 is 0 Å². The molecule has 2 aromatic carbocycles. The first-order valence-electron chi connectivity index (χ1n) is 10.4. The molecule has 2 rings (SSSR count). The van der Waals surface area contributed by atoms with Crippen molar-refractivity contribution in [3.63, 3.8) is 0 Å². The second kappa shape index (κ2) is 12.7. The van der Waals surface area contributed by atoms with E-state index in [2.05, 4.69) is 22.5 Å². The minimum Gasteiger partial charge on any atom is -0.465 e. The molecule has 10 heteroatoms. The van der Waals surface area contributed by atoms with Crippen molar-refractivity contribution in [3.8, 4) is 0 Å². The summed E-state index contributed by atoms with van der Waals surface area (Å²) in [7, 11) is 0. The minimum atomic E-state index is -1.26. The van der Waals surface area contributed by atoms with E-state index in [0.29, 0.717) is 5.69 Å². The van der Waals surface area contributed by atoms with E-state index in [1.54, 1.807) is 19.1 Å². The van der Waals surface area contributed by atoms with Crippen LogP contribution < -0.4 is 16.0 Å². The quantitative estimate of drug-likeness (QED) is 0.362. The molecule has 3 amide bonds. The highest BCUT2D eigenvalue weighted by atomic mass is 19.1. The zero-order valence-corrected chi connectivity index (χ0v) is 18.9. The highest BCUT2D eigenvalue weighted by molar-refractivity contribution is 5.98. The van der Waals surface area contributed by atoms with E-state index in [9.17, 15) is 23.6 Å². The van der Waals surface area contributed by atoms with Gasteiger partial charge >= 0.3 is 12.1 Å². The van der Waals surface area contributed by atoms with Crippen LogP contribution >= 0.6 is 0 Å². The van der Waals surface area contributed by atoms with Gasteiger partial charge in [-0.2, -0.15) is 0 Å². The van der Waals surface area contributed by atoms with Gasteiger partial charge < -0.3 is 20.1 Å². The number of halogens is 1. The zero-order valence-electron chi connectivity index (χ0n) is 18.9. The lowest BCUT2D eigenvalue weighted by molar-refractivity contribution is -0.143. The molecule has 1 atom stereocenters. The molecule has 0 aromatic heterocycles.